The number of hydrogen-bond acceptors (Lipinski definition) is 2. The summed E-state index contributed by atoms with van der Waals surface area (Å²) in [7, 11) is 0. The normalized spacial score (nSPS) is 10.0. The van der Waals surface area contributed by atoms with Crippen molar-refractivity contribution < 1.29 is 4.79 Å². The number of urea groups is 1. The highest BCUT2D eigenvalue weighted by molar-refractivity contribution is 9.10. The second-order valence-electron chi connectivity index (χ2n) is 4.18. The van der Waals surface area contributed by atoms with Gasteiger partial charge in [-0.2, -0.15) is 0 Å². The summed E-state index contributed by atoms with van der Waals surface area (Å²) in [6, 6.07) is 12.5. The van der Waals surface area contributed by atoms with Crippen molar-refractivity contribution in [1.82, 2.24) is 0 Å². The van der Waals surface area contributed by atoms with Gasteiger partial charge in [0.2, 0.25) is 0 Å². The molecule has 0 saturated heterocycles. The summed E-state index contributed by atoms with van der Waals surface area (Å²) < 4.78 is 0.751. The number of nitrogens with two attached hydrogens (primary N) is 1. The van der Waals surface area contributed by atoms with Gasteiger partial charge in [-0.3, -0.25) is 0 Å². The van der Waals surface area contributed by atoms with Crippen LogP contribution in [0.5, 0.6) is 0 Å². The molecule has 5 heteroatoms. The minimum absolute atomic E-state index is 0.290. The SMILES string of the molecule is Cc1cccc(NC(=O)Nc2ccc(N)c(Br)c2)c1. The molecule has 0 aromatic heterocycles. The van der Waals surface area contributed by atoms with Gasteiger partial charge in [0.15, 0.2) is 0 Å². The third kappa shape index (κ3) is 3.72. The number of halogens is 1. The molecule has 0 aliphatic heterocycles. The molecular weight excluding hydrogens is 306 g/mol. The number of nitrogen functional groups attached to an aromatic ring is 1. The van der Waals surface area contributed by atoms with Crippen molar-refractivity contribution in [2.24, 2.45) is 0 Å². The van der Waals surface area contributed by atoms with E-state index in [4.69, 9.17) is 5.73 Å². The smallest absolute Gasteiger partial charge is 0.323 e. The molecule has 4 N–H and O–H groups in total. The van der Waals surface area contributed by atoms with Crippen LogP contribution in [0.1, 0.15) is 5.56 Å². The molecule has 0 spiro atoms. The first kappa shape index (κ1) is 13.4. The summed E-state index contributed by atoms with van der Waals surface area (Å²) in [5.74, 6) is 0. The van der Waals surface area contributed by atoms with E-state index in [0.717, 1.165) is 15.7 Å². The van der Waals surface area contributed by atoms with Gasteiger partial charge in [0.25, 0.3) is 0 Å². The zero-order valence-corrected chi connectivity index (χ0v) is 12.0. The van der Waals surface area contributed by atoms with E-state index in [1.807, 2.05) is 31.2 Å². The van der Waals surface area contributed by atoms with Crippen LogP contribution in [0.2, 0.25) is 0 Å². The fourth-order valence-electron chi connectivity index (χ4n) is 1.62. The fraction of sp³-hybridized carbons (Fsp3) is 0.0714. The zero-order valence-electron chi connectivity index (χ0n) is 10.4. The van der Waals surface area contributed by atoms with E-state index in [9.17, 15) is 4.79 Å². The van der Waals surface area contributed by atoms with Crippen LogP contribution in [0.25, 0.3) is 0 Å². The van der Waals surface area contributed by atoms with Gasteiger partial charge in [-0.1, -0.05) is 12.1 Å². The number of rotatable bonds is 2. The van der Waals surface area contributed by atoms with Crippen LogP contribution in [-0.4, -0.2) is 6.03 Å². The number of carbonyl (C=O) groups is 1. The number of anilines is 3. The molecule has 0 bridgehead atoms. The Morgan fingerprint density at radius 3 is 2.42 bits per heavy atom. The summed E-state index contributed by atoms with van der Waals surface area (Å²) in [6.45, 7) is 1.97. The Hall–Kier alpha value is -2.01. The van der Waals surface area contributed by atoms with Crippen LogP contribution < -0.4 is 16.4 Å². The van der Waals surface area contributed by atoms with E-state index < -0.39 is 0 Å². The highest BCUT2D eigenvalue weighted by Gasteiger charge is 2.04. The zero-order chi connectivity index (χ0) is 13.8. The van der Waals surface area contributed by atoms with Crippen molar-refractivity contribution in [3.63, 3.8) is 0 Å². The highest BCUT2D eigenvalue weighted by atomic mass is 79.9. The molecule has 0 aliphatic carbocycles. The molecule has 2 aromatic carbocycles. The van der Waals surface area contributed by atoms with Crippen LogP contribution in [0.3, 0.4) is 0 Å². The summed E-state index contributed by atoms with van der Waals surface area (Å²) in [6.07, 6.45) is 0. The molecule has 0 radical (unpaired) electrons. The Kier molecular flexibility index (Phi) is 4.06. The number of carbonyl (C=O) groups excluding carboxylic acids is 1. The van der Waals surface area contributed by atoms with Crippen LogP contribution in [0.4, 0.5) is 21.9 Å². The molecule has 0 fully saturated rings. The van der Waals surface area contributed by atoms with Gasteiger partial charge in [-0.05, 0) is 58.7 Å². The predicted molar refractivity (Wildman–Crippen MR) is 82.4 cm³/mol. The minimum atomic E-state index is -0.290. The molecule has 98 valence electrons. The van der Waals surface area contributed by atoms with Gasteiger partial charge in [-0.15, -0.1) is 0 Å². The third-order valence-electron chi connectivity index (χ3n) is 2.53. The minimum Gasteiger partial charge on any atom is -0.398 e. The maximum absolute atomic E-state index is 11.8. The first-order chi connectivity index (χ1) is 9.04. The Morgan fingerprint density at radius 2 is 1.79 bits per heavy atom. The highest BCUT2D eigenvalue weighted by Crippen LogP contribution is 2.23. The first-order valence-electron chi connectivity index (χ1n) is 5.74. The molecule has 0 heterocycles. The lowest BCUT2D eigenvalue weighted by Crippen LogP contribution is -2.19. The molecule has 0 unspecified atom stereocenters. The number of benzene rings is 2. The lowest BCUT2D eigenvalue weighted by Gasteiger charge is -2.09. The standard InChI is InChI=1S/C14H14BrN3O/c1-9-3-2-4-10(7-9)17-14(19)18-11-5-6-13(16)12(15)8-11/h2-8H,16H2,1H3,(H2,17,18,19). The van der Waals surface area contributed by atoms with Crippen molar-refractivity contribution in [3.05, 3.63) is 52.5 Å². The third-order valence-corrected chi connectivity index (χ3v) is 3.22. The molecule has 0 saturated carbocycles. The van der Waals surface area contributed by atoms with Crippen LogP contribution >= 0.6 is 15.9 Å². The molecule has 4 nitrogen and oxygen atoms in total. The number of aryl methyl sites for hydroxylation is 1. The number of hydrogen-bond donors (Lipinski definition) is 3. The Bertz CT molecular complexity index is 613. The maximum atomic E-state index is 11.8. The molecule has 2 aromatic rings. The molecule has 2 rings (SSSR count). The van der Waals surface area contributed by atoms with E-state index in [1.54, 1.807) is 18.2 Å². The van der Waals surface area contributed by atoms with Crippen molar-refractivity contribution in [2.45, 2.75) is 6.92 Å². The van der Waals surface area contributed by atoms with E-state index in [0.29, 0.717) is 11.4 Å². The molecule has 0 aliphatic rings. The molecule has 0 atom stereocenters. The van der Waals surface area contributed by atoms with Gasteiger partial charge in [0, 0.05) is 21.5 Å². The summed E-state index contributed by atoms with van der Waals surface area (Å²) in [4.78, 5) is 11.8. The van der Waals surface area contributed by atoms with Gasteiger partial charge < -0.3 is 16.4 Å². The molecule has 19 heavy (non-hydrogen) atoms. The number of amides is 2. The predicted octanol–water partition coefficient (Wildman–Crippen LogP) is 3.98. The van der Waals surface area contributed by atoms with Crippen LogP contribution in [-0.2, 0) is 0 Å². The van der Waals surface area contributed by atoms with Crippen LogP contribution in [0, 0.1) is 6.92 Å². The summed E-state index contributed by atoms with van der Waals surface area (Å²) in [5.41, 5.74) is 8.83. The van der Waals surface area contributed by atoms with Crippen LogP contribution in [0.15, 0.2) is 46.9 Å². The van der Waals surface area contributed by atoms with Gasteiger partial charge in [0.1, 0.15) is 0 Å². The van der Waals surface area contributed by atoms with Gasteiger partial charge in [-0.25, -0.2) is 4.79 Å². The maximum Gasteiger partial charge on any atom is 0.323 e. The lowest BCUT2D eigenvalue weighted by molar-refractivity contribution is 0.262. The average Bonchev–Trinajstić information content (AvgIpc) is 2.34. The Labute approximate surface area is 120 Å². The Morgan fingerprint density at radius 1 is 1.11 bits per heavy atom. The average molecular weight is 320 g/mol. The van der Waals surface area contributed by atoms with E-state index >= 15 is 0 Å². The Balaban J connectivity index is 2.03. The second kappa shape index (κ2) is 5.75. The van der Waals surface area contributed by atoms with E-state index in [-0.39, 0.29) is 6.03 Å². The van der Waals surface area contributed by atoms with Crippen molar-refractivity contribution >= 4 is 39.0 Å². The van der Waals surface area contributed by atoms with Gasteiger partial charge >= 0.3 is 6.03 Å². The lowest BCUT2D eigenvalue weighted by atomic mass is 10.2. The first-order valence-corrected chi connectivity index (χ1v) is 6.53. The summed E-state index contributed by atoms with van der Waals surface area (Å²) in [5, 5.41) is 5.51. The largest absolute Gasteiger partial charge is 0.398 e. The van der Waals surface area contributed by atoms with Crippen molar-refractivity contribution in [1.29, 1.82) is 0 Å². The van der Waals surface area contributed by atoms with Crippen molar-refractivity contribution in [2.75, 3.05) is 16.4 Å². The fourth-order valence-corrected chi connectivity index (χ4v) is 2.00. The van der Waals surface area contributed by atoms with Crippen molar-refractivity contribution in [3.8, 4) is 0 Å². The quantitative estimate of drug-likeness (QED) is 0.733. The molecule has 2 amide bonds. The summed E-state index contributed by atoms with van der Waals surface area (Å²) >= 11 is 3.32. The second-order valence-corrected chi connectivity index (χ2v) is 5.04. The van der Waals surface area contributed by atoms with Gasteiger partial charge in [0.05, 0.1) is 0 Å². The monoisotopic (exact) mass is 319 g/mol. The van der Waals surface area contributed by atoms with E-state index in [1.165, 1.54) is 0 Å². The molecular formula is C14H14BrN3O. The topological polar surface area (TPSA) is 67.2 Å². The number of nitrogens with one attached hydrogen (secondary N) is 2. The van der Waals surface area contributed by atoms with E-state index in [2.05, 4.69) is 26.6 Å².